The monoisotopic (exact) mass is 283 g/mol. The van der Waals surface area contributed by atoms with Gasteiger partial charge in [-0.15, -0.1) is 10.2 Å². The van der Waals surface area contributed by atoms with Crippen LogP contribution in [-0.4, -0.2) is 25.2 Å². The van der Waals surface area contributed by atoms with Gasteiger partial charge in [0.25, 0.3) is 5.91 Å². The van der Waals surface area contributed by atoms with E-state index in [1.807, 2.05) is 24.0 Å². The van der Waals surface area contributed by atoms with Crippen molar-refractivity contribution in [1.29, 1.82) is 0 Å². The van der Waals surface area contributed by atoms with Crippen LogP contribution in [0.2, 0.25) is 0 Å². The summed E-state index contributed by atoms with van der Waals surface area (Å²) in [6, 6.07) is 3.16. The van der Waals surface area contributed by atoms with Gasteiger partial charge < -0.3 is 14.5 Å². The number of hydrogen-bond acceptors (Lipinski definition) is 4. The number of nitrogens with one attached hydrogen (secondary N) is 1. The van der Waals surface area contributed by atoms with Crippen LogP contribution < -0.4 is 10.7 Å². The zero-order valence-corrected chi connectivity index (χ0v) is 11.6. The summed E-state index contributed by atoms with van der Waals surface area (Å²) in [5.41, 5.74) is 1.14. The third-order valence-corrected chi connectivity index (χ3v) is 3.12. The van der Waals surface area contributed by atoms with Crippen LogP contribution >= 0.6 is 0 Å². The predicted octanol–water partition coefficient (Wildman–Crippen LogP) is 0.871. The quantitative estimate of drug-likeness (QED) is 0.756. The van der Waals surface area contributed by atoms with E-state index in [1.165, 1.54) is 12.3 Å². The number of aryl methyl sites for hydroxylation is 2. The van der Waals surface area contributed by atoms with Gasteiger partial charge in [-0.2, -0.15) is 0 Å². The lowest BCUT2D eigenvalue weighted by Gasteiger charge is -2.06. The van der Waals surface area contributed by atoms with Gasteiger partial charge in [0, 0.05) is 44.9 Å². The van der Waals surface area contributed by atoms with Gasteiger partial charge in [0.05, 0.1) is 11.3 Å². The van der Waals surface area contributed by atoms with Crippen molar-refractivity contribution in [3.8, 4) is 11.3 Å². The SMILES string of the molecule is Cn1ccc2nnc(NC(=O)c3cn(C)ccc3=O)c-2c1. The molecule has 1 aromatic heterocycles. The van der Waals surface area contributed by atoms with E-state index in [0.717, 1.165) is 5.56 Å². The summed E-state index contributed by atoms with van der Waals surface area (Å²) in [6.07, 6.45) is 6.73. The van der Waals surface area contributed by atoms with E-state index in [-0.39, 0.29) is 11.0 Å². The number of aromatic nitrogens is 4. The molecular formula is C14H13N5O2. The minimum absolute atomic E-state index is 0.0662. The summed E-state index contributed by atoms with van der Waals surface area (Å²) < 4.78 is 3.48. The minimum atomic E-state index is -0.496. The number of pyridine rings is 2. The topological polar surface area (TPSA) is 81.8 Å². The smallest absolute Gasteiger partial charge is 0.262 e. The molecule has 1 aromatic rings. The lowest BCUT2D eigenvalue weighted by molar-refractivity contribution is 0.102. The van der Waals surface area contributed by atoms with E-state index in [1.54, 1.807) is 23.9 Å². The summed E-state index contributed by atoms with van der Waals surface area (Å²) in [6.45, 7) is 0. The van der Waals surface area contributed by atoms with E-state index in [0.29, 0.717) is 11.5 Å². The minimum Gasteiger partial charge on any atom is -0.356 e. The molecule has 2 aliphatic rings. The van der Waals surface area contributed by atoms with Gasteiger partial charge in [0.15, 0.2) is 11.2 Å². The van der Waals surface area contributed by atoms with Crippen LogP contribution in [0.15, 0.2) is 41.7 Å². The predicted molar refractivity (Wildman–Crippen MR) is 77.3 cm³/mol. The van der Waals surface area contributed by atoms with E-state index in [9.17, 15) is 9.59 Å². The molecule has 0 unspecified atom stereocenters. The van der Waals surface area contributed by atoms with Gasteiger partial charge in [0.1, 0.15) is 5.56 Å². The third kappa shape index (κ3) is 2.40. The molecule has 0 spiro atoms. The van der Waals surface area contributed by atoms with E-state index >= 15 is 0 Å². The molecule has 7 nitrogen and oxygen atoms in total. The molecule has 0 bridgehead atoms. The van der Waals surface area contributed by atoms with Gasteiger partial charge in [0.2, 0.25) is 0 Å². The molecule has 1 N–H and O–H groups in total. The number of amides is 1. The van der Waals surface area contributed by atoms with Crippen LogP contribution in [0.3, 0.4) is 0 Å². The van der Waals surface area contributed by atoms with Crippen LogP contribution in [0.4, 0.5) is 5.82 Å². The fraction of sp³-hybridized carbons (Fsp3) is 0.143. The van der Waals surface area contributed by atoms with Crippen molar-refractivity contribution in [2.45, 2.75) is 0 Å². The molecule has 0 aliphatic carbocycles. The number of carbonyl (C=O) groups excluding carboxylic acids is 1. The van der Waals surface area contributed by atoms with E-state index in [2.05, 4.69) is 15.5 Å². The maximum Gasteiger partial charge on any atom is 0.262 e. The zero-order chi connectivity index (χ0) is 15.0. The summed E-state index contributed by atoms with van der Waals surface area (Å²) in [5, 5.41) is 10.6. The Morgan fingerprint density at radius 2 is 1.81 bits per heavy atom. The summed E-state index contributed by atoms with van der Waals surface area (Å²) in [7, 11) is 3.61. The highest BCUT2D eigenvalue weighted by Crippen LogP contribution is 2.26. The molecule has 21 heavy (non-hydrogen) atoms. The highest BCUT2D eigenvalue weighted by Gasteiger charge is 2.18. The summed E-state index contributed by atoms with van der Waals surface area (Å²) in [5.74, 6) is -0.151. The molecule has 0 aromatic carbocycles. The van der Waals surface area contributed by atoms with Gasteiger partial charge >= 0.3 is 0 Å². The molecular weight excluding hydrogens is 270 g/mol. The lowest BCUT2D eigenvalue weighted by atomic mass is 10.2. The molecule has 0 atom stereocenters. The molecule has 7 heteroatoms. The maximum atomic E-state index is 12.2. The number of rotatable bonds is 2. The third-order valence-electron chi connectivity index (χ3n) is 3.12. The maximum absolute atomic E-state index is 12.2. The van der Waals surface area contributed by atoms with Gasteiger partial charge in [-0.05, 0) is 6.07 Å². The molecule has 106 valence electrons. The zero-order valence-electron chi connectivity index (χ0n) is 11.6. The van der Waals surface area contributed by atoms with Crippen LogP contribution in [-0.2, 0) is 14.1 Å². The molecule has 0 saturated carbocycles. The molecule has 0 radical (unpaired) electrons. The van der Waals surface area contributed by atoms with Gasteiger partial charge in [-0.1, -0.05) is 0 Å². The van der Waals surface area contributed by atoms with Crippen molar-refractivity contribution in [1.82, 2.24) is 19.3 Å². The van der Waals surface area contributed by atoms with Crippen LogP contribution in [0.25, 0.3) is 11.3 Å². The fourth-order valence-corrected chi connectivity index (χ4v) is 2.04. The van der Waals surface area contributed by atoms with Crippen LogP contribution in [0.5, 0.6) is 0 Å². The second kappa shape index (κ2) is 4.86. The molecule has 2 aliphatic heterocycles. The lowest BCUT2D eigenvalue weighted by Crippen LogP contribution is -2.22. The summed E-state index contributed by atoms with van der Waals surface area (Å²) >= 11 is 0. The number of anilines is 1. The second-order valence-corrected chi connectivity index (χ2v) is 4.80. The first-order valence-electron chi connectivity index (χ1n) is 6.30. The van der Waals surface area contributed by atoms with Crippen molar-refractivity contribution in [3.05, 3.63) is 52.7 Å². The Morgan fingerprint density at radius 1 is 1.10 bits per heavy atom. The Balaban J connectivity index is 1.95. The molecule has 0 fully saturated rings. The van der Waals surface area contributed by atoms with Gasteiger partial charge in [-0.3, -0.25) is 9.59 Å². The van der Waals surface area contributed by atoms with E-state index in [4.69, 9.17) is 0 Å². The Hall–Kier alpha value is -2.96. The Bertz CT molecular complexity index is 849. The average Bonchev–Trinajstić information content (AvgIpc) is 2.84. The van der Waals surface area contributed by atoms with Crippen molar-refractivity contribution in [2.75, 3.05) is 5.32 Å². The van der Waals surface area contributed by atoms with Crippen molar-refractivity contribution < 1.29 is 4.79 Å². The first kappa shape index (κ1) is 13.0. The van der Waals surface area contributed by atoms with Crippen molar-refractivity contribution in [2.24, 2.45) is 14.1 Å². The van der Waals surface area contributed by atoms with Crippen molar-refractivity contribution >= 4 is 11.7 Å². The van der Waals surface area contributed by atoms with Crippen LogP contribution in [0.1, 0.15) is 10.4 Å². The first-order chi connectivity index (χ1) is 10.0. The normalized spacial score (nSPS) is 10.8. The Morgan fingerprint density at radius 3 is 2.62 bits per heavy atom. The Kier molecular flexibility index (Phi) is 3.02. The molecule has 3 rings (SSSR count). The van der Waals surface area contributed by atoms with Crippen LogP contribution in [0, 0.1) is 0 Å². The van der Waals surface area contributed by atoms with Crippen molar-refractivity contribution in [3.63, 3.8) is 0 Å². The molecule has 3 heterocycles. The molecule has 1 amide bonds. The second-order valence-electron chi connectivity index (χ2n) is 4.80. The summed E-state index contributed by atoms with van der Waals surface area (Å²) in [4.78, 5) is 24.0. The largest absolute Gasteiger partial charge is 0.356 e. The Labute approximate surface area is 120 Å². The number of fused-ring (bicyclic) bond motifs is 1. The average molecular weight is 283 g/mol. The van der Waals surface area contributed by atoms with Gasteiger partial charge in [-0.25, -0.2) is 0 Å². The number of hydrogen-bond donors (Lipinski definition) is 1. The van der Waals surface area contributed by atoms with E-state index < -0.39 is 5.91 Å². The molecule has 0 saturated heterocycles. The standard InChI is InChI=1S/C14H13N5O2/c1-18-5-3-11-9(7-18)13(17-16-11)15-14(21)10-8-19(2)6-4-12(10)20/h3-8H,1-2H3,(H,15,17,21). The number of carbonyl (C=O) groups is 1. The highest BCUT2D eigenvalue weighted by atomic mass is 16.2. The fourth-order valence-electron chi connectivity index (χ4n) is 2.04. The first-order valence-corrected chi connectivity index (χ1v) is 6.30. The number of nitrogens with zero attached hydrogens (tertiary/aromatic N) is 4. The highest BCUT2D eigenvalue weighted by molar-refractivity contribution is 6.05.